The number of nitrogens with zero attached hydrogens (tertiary/aromatic N) is 5. The zero-order valence-electron chi connectivity index (χ0n) is 19.7. The Balaban J connectivity index is 1.60. The smallest absolute Gasteiger partial charge is 0.247 e. The number of hydrogen-bond donors (Lipinski definition) is 2. The molecule has 0 radical (unpaired) electrons. The van der Waals surface area contributed by atoms with Gasteiger partial charge in [0.15, 0.2) is 0 Å². The third-order valence-corrected chi connectivity index (χ3v) is 6.64. The molecule has 0 unspecified atom stereocenters. The minimum atomic E-state index is -0.267. The van der Waals surface area contributed by atoms with Crippen LogP contribution < -0.4 is 10.2 Å². The third-order valence-electron chi connectivity index (χ3n) is 6.33. The predicted octanol–water partition coefficient (Wildman–Crippen LogP) is 4.53. The van der Waals surface area contributed by atoms with Crippen molar-refractivity contribution >= 4 is 40.2 Å². The Morgan fingerprint density at radius 2 is 1.86 bits per heavy atom. The van der Waals surface area contributed by atoms with Gasteiger partial charge in [-0.3, -0.25) is 4.79 Å². The van der Waals surface area contributed by atoms with Crippen LogP contribution in [0.4, 0.5) is 11.6 Å². The van der Waals surface area contributed by atoms with Crippen molar-refractivity contribution in [3.8, 4) is 22.4 Å². The molecule has 1 saturated heterocycles. The second-order valence-electron chi connectivity index (χ2n) is 8.68. The molecule has 0 atom stereocenters. The van der Waals surface area contributed by atoms with Crippen molar-refractivity contribution in [2.45, 2.75) is 6.92 Å². The van der Waals surface area contributed by atoms with Gasteiger partial charge in [-0.05, 0) is 43.3 Å². The average Bonchev–Trinajstić information content (AvgIpc) is 3.27. The Kier molecular flexibility index (Phi) is 6.23. The van der Waals surface area contributed by atoms with E-state index in [0.29, 0.717) is 16.4 Å². The first-order chi connectivity index (χ1) is 16.9. The van der Waals surface area contributed by atoms with E-state index in [4.69, 9.17) is 11.6 Å². The first-order valence-corrected chi connectivity index (χ1v) is 11.8. The maximum absolute atomic E-state index is 12.0. The Morgan fingerprint density at radius 3 is 2.57 bits per heavy atom. The number of hydrogen-bond acceptors (Lipinski definition) is 6. The summed E-state index contributed by atoms with van der Waals surface area (Å²) in [4.78, 5) is 33.7. The van der Waals surface area contributed by atoms with Crippen LogP contribution in [0.3, 0.4) is 0 Å². The van der Waals surface area contributed by atoms with Gasteiger partial charge in [0.1, 0.15) is 5.65 Å². The Labute approximate surface area is 208 Å². The molecule has 0 spiro atoms. The van der Waals surface area contributed by atoms with Gasteiger partial charge in [-0.1, -0.05) is 30.3 Å². The summed E-state index contributed by atoms with van der Waals surface area (Å²) in [5.74, 6) is 0.456. The van der Waals surface area contributed by atoms with Crippen LogP contribution in [-0.4, -0.2) is 64.0 Å². The third kappa shape index (κ3) is 4.50. The summed E-state index contributed by atoms with van der Waals surface area (Å²) >= 11 is 6.64. The van der Waals surface area contributed by atoms with Crippen molar-refractivity contribution in [2.75, 3.05) is 43.4 Å². The number of rotatable bonds is 5. The molecule has 0 bridgehead atoms. The van der Waals surface area contributed by atoms with Gasteiger partial charge in [-0.25, -0.2) is 15.0 Å². The van der Waals surface area contributed by atoms with E-state index in [-0.39, 0.29) is 5.91 Å². The van der Waals surface area contributed by atoms with Crippen molar-refractivity contribution in [3.05, 3.63) is 66.1 Å². The molecule has 8 nitrogen and oxygen atoms in total. The lowest BCUT2D eigenvalue weighted by atomic mass is 9.98. The standard InChI is InChI=1S/C26H26ClN7O/c1-4-21(35)31-20-13-17(6-5-16(20)2)22-23-19(27)7-8-28-25(23)32-24(22)18-14-29-26(30-15-18)34-11-9-33(3)10-12-34/h4-8,13-15H,1,9-12H2,2-3H3,(H,28,32)(H,31,35). The molecule has 4 heterocycles. The van der Waals surface area contributed by atoms with Crippen LogP contribution in [-0.2, 0) is 4.79 Å². The van der Waals surface area contributed by atoms with Gasteiger partial charge in [0.05, 0.1) is 10.7 Å². The fourth-order valence-electron chi connectivity index (χ4n) is 4.30. The number of aromatic amines is 1. The molecule has 0 saturated carbocycles. The summed E-state index contributed by atoms with van der Waals surface area (Å²) in [6, 6.07) is 7.68. The van der Waals surface area contributed by atoms with Gasteiger partial charge in [-0.2, -0.15) is 0 Å². The van der Waals surface area contributed by atoms with Gasteiger partial charge in [0.25, 0.3) is 0 Å². The van der Waals surface area contributed by atoms with E-state index in [1.54, 1.807) is 12.3 Å². The zero-order chi connectivity index (χ0) is 24.5. The minimum absolute atomic E-state index is 0.267. The number of halogens is 1. The molecular weight excluding hydrogens is 462 g/mol. The number of nitrogens with one attached hydrogen (secondary N) is 2. The molecule has 3 aromatic heterocycles. The van der Waals surface area contributed by atoms with Gasteiger partial charge < -0.3 is 20.1 Å². The number of likely N-dealkylation sites (N-methyl/N-ethyl adjacent to an activating group) is 1. The average molecular weight is 488 g/mol. The fourth-order valence-corrected chi connectivity index (χ4v) is 4.54. The number of benzene rings is 1. The van der Waals surface area contributed by atoms with Crippen LogP contribution >= 0.6 is 11.6 Å². The molecule has 5 rings (SSSR count). The van der Waals surface area contributed by atoms with E-state index in [1.807, 2.05) is 37.5 Å². The SMILES string of the molecule is C=CC(=O)Nc1cc(-c2c(-c3cnc(N4CCN(C)CC4)nc3)[nH]c3nccc(Cl)c23)ccc1C. The summed E-state index contributed by atoms with van der Waals surface area (Å²) in [5, 5.41) is 4.27. The van der Waals surface area contributed by atoms with Gasteiger partial charge >= 0.3 is 0 Å². The highest BCUT2D eigenvalue weighted by Crippen LogP contribution is 2.41. The largest absolute Gasteiger partial charge is 0.339 e. The van der Waals surface area contributed by atoms with E-state index < -0.39 is 0 Å². The number of carbonyl (C=O) groups is 1. The van der Waals surface area contributed by atoms with Crippen LogP contribution in [0.1, 0.15) is 5.56 Å². The Morgan fingerprint density at radius 1 is 1.11 bits per heavy atom. The number of H-pyrrole nitrogens is 1. The lowest BCUT2D eigenvalue weighted by Crippen LogP contribution is -2.45. The molecule has 0 aliphatic carbocycles. The lowest BCUT2D eigenvalue weighted by molar-refractivity contribution is -0.111. The highest BCUT2D eigenvalue weighted by Gasteiger charge is 2.21. The molecule has 1 aromatic carbocycles. The highest BCUT2D eigenvalue weighted by atomic mass is 35.5. The number of piperazine rings is 1. The molecule has 1 fully saturated rings. The second-order valence-corrected chi connectivity index (χ2v) is 9.08. The van der Waals surface area contributed by atoms with E-state index >= 15 is 0 Å². The molecular formula is C26H26ClN7O. The Hall–Kier alpha value is -3.75. The summed E-state index contributed by atoms with van der Waals surface area (Å²) in [7, 11) is 2.12. The molecule has 1 amide bonds. The summed E-state index contributed by atoms with van der Waals surface area (Å²) in [5.41, 5.74) is 5.71. The molecule has 35 heavy (non-hydrogen) atoms. The molecule has 178 valence electrons. The van der Waals surface area contributed by atoms with Crippen molar-refractivity contribution in [2.24, 2.45) is 0 Å². The van der Waals surface area contributed by atoms with E-state index in [2.05, 4.69) is 48.7 Å². The van der Waals surface area contributed by atoms with Crippen molar-refractivity contribution in [3.63, 3.8) is 0 Å². The van der Waals surface area contributed by atoms with Crippen LogP contribution in [0, 0.1) is 6.92 Å². The van der Waals surface area contributed by atoms with Gasteiger partial charge in [0, 0.05) is 67.0 Å². The number of fused-ring (bicyclic) bond motifs is 1. The summed E-state index contributed by atoms with van der Waals surface area (Å²) in [6.45, 7) is 9.26. The van der Waals surface area contributed by atoms with Crippen LogP contribution in [0.2, 0.25) is 5.02 Å². The topological polar surface area (TPSA) is 90.0 Å². The van der Waals surface area contributed by atoms with Crippen LogP contribution in [0.5, 0.6) is 0 Å². The minimum Gasteiger partial charge on any atom is -0.339 e. The first kappa shape index (κ1) is 23.0. The maximum atomic E-state index is 12.0. The highest BCUT2D eigenvalue weighted by molar-refractivity contribution is 6.36. The van der Waals surface area contributed by atoms with Gasteiger partial charge in [-0.15, -0.1) is 0 Å². The predicted molar refractivity (Wildman–Crippen MR) is 141 cm³/mol. The van der Waals surface area contributed by atoms with Gasteiger partial charge in [0.2, 0.25) is 11.9 Å². The summed E-state index contributed by atoms with van der Waals surface area (Å²) in [6.07, 6.45) is 6.59. The number of aromatic nitrogens is 4. The number of aryl methyl sites for hydroxylation is 1. The number of carbonyl (C=O) groups excluding carboxylic acids is 1. The number of anilines is 2. The Bertz CT molecular complexity index is 1410. The number of pyridine rings is 1. The van der Waals surface area contributed by atoms with Crippen molar-refractivity contribution in [1.82, 2.24) is 24.8 Å². The second kappa shape index (κ2) is 9.48. The zero-order valence-corrected chi connectivity index (χ0v) is 20.4. The molecule has 1 aliphatic rings. The molecule has 4 aromatic rings. The van der Waals surface area contributed by atoms with Crippen molar-refractivity contribution in [1.29, 1.82) is 0 Å². The van der Waals surface area contributed by atoms with Crippen molar-refractivity contribution < 1.29 is 4.79 Å². The normalized spacial score (nSPS) is 14.3. The van der Waals surface area contributed by atoms with Crippen LogP contribution in [0.25, 0.3) is 33.4 Å². The molecule has 1 aliphatic heterocycles. The van der Waals surface area contributed by atoms with E-state index in [9.17, 15) is 4.79 Å². The molecule has 9 heteroatoms. The monoisotopic (exact) mass is 487 g/mol. The van der Waals surface area contributed by atoms with Crippen LogP contribution in [0.15, 0.2) is 55.5 Å². The maximum Gasteiger partial charge on any atom is 0.247 e. The quantitative estimate of drug-likeness (QED) is 0.402. The van der Waals surface area contributed by atoms with E-state index in [0.717, 1.165) is 65.5 Å². The van der Waals surface area contributed by atoms with E-state index in [1.165, 1.54) is 6.08 Å². The number of amides is 1. The lowest BCUT2D eigenvalue weighted by Gasteiger charge is -2.32. The fraction of sp³-hybridized carbons (Fsp3) is 0.231. The molecule has 2 N–H and O–H groups in total. The summed E-state index contributed by atoms with van der Waals surface area (Å²) < 4.78 is 0. The first-order valence-electron chi connectivity index (χ1n) is 11.4.